The molecule has 4 nitrogen and oxygen atoms in total. The summed E-state index contributed by atoms with van der Waals surface area (Å²) in [6.45, 7) is 4.83. The number of para-hydroxylation sites is 1. The number of aromatic nitrogens is 1. The van der Waals surface area contributed by atoms with Gasteiger partial charge in [-0.2, -0.15) is 0 Å². The molecule has 0 saturated carbocycles. The van der Waals surface area contributed by atoms with Crippen molar-refractivity contribution in [3.8, 4) is 0 Å². The van der Waals surface area contributed by atoms with E-state index in [0.717, 1.165) is 43.9 Å². The van der Waals surface area contributed by atoms with Crippen molar-refractivity contribution in [3.63, 3.8) is 0 Å². The molecule has 1 spiro atoms. The number of carbonyl (C=O) groups is 1. The number of hydrogen-bond acceptors (Lipinski definition) is 3. The van der Waals surface area contributed by atoms with Crippen molar-refractivity contribution in [2.75, 3.05) is 18.4 Å². The Balaban J connectivity index is 1.51. The average molecular weight is 307 g/mol. The molecule has 1 N–H and O–H groups in total. The summed E-state index contributed by atoms with van der Waals surface area (Å²) in [6, 6.07) is 12.2. The number of aryl methyl sites for hydroxylation is 1. The maximum atomic E-state index is 12.6. The molecule has 4 rings (SSSR count). The number of hydrogen-bond donors (Lipinski definition) is 1. The number of likely N-dealkylation sites (tertiary alicyclic amines) is 1. The molecule has 2 aliphatic rings. The number of amides is 1. The normalized spacial score (nSPS) is 19.6. The van der Waals surface area contributed by atoms with Crippen molar-refractivity contribution in [1.29, 1.82) is 0 Å². The number of carbonyl (C=O) groups excluding carboxylic acids is 1. The van der Waals surface area contributed by atoms with Crippen LogP contribution in [0.4, 0.5) is 5.69 Å². The Hall–Kier alpha value is -2.20. The van der Waals surface area contributed by atoms with Crippen LogP contribution in [0.2, 0.25) is 0 Å². The number of nitrogens with zero attached hydrogens (tertiary/aromatic N) is 2. The Morgan fingerprint density at radius 2 is 1.96 bits per heavy atom. The molecule has 0 bridgehead atoms. The Kier molecular flexibility index (Phi) is 3.42. The second kappa shape index (κ2) is 5.46. The average Bonchev–Trinajstić information content (AvgIpc) is 2.84. The highest BCUT2D eigenvalue weighted by atomic mass is 16.2. The summed E-state index contributed by atoms with van der Waals surface area (Å²) in [6.07, 6.45) is 3.61. The number of anilines is 1. The number of piperidine rings is 1. The third-order valence-corrected chi connectivity index (χ3v) is 5.33. The minimum absolute atomic E-state index is 0.173. The van der Waals surface area contributed by atoms with Gasteiger partial charge in [-0.3, -0.25) is 14.7 Å². The highest BCUT2D eigenvalue weighted by molar-refractivity contribution is 6.06. The van der Waals surface area contributed by atoms with Crippen molar-refractivity contribution < 1.29 is 4.79 Å². The molecule has 0 radical (unpaired) electrons. The standard InChI is InChI=1S/C19H21N3O/c1-14-5-4-10-20-17(14)13-22-11-8-19(9-12-22)15-6-2-3-7-16(15)21-18(19)23/h2-7,10H,8-9,11-13H2,1H3,(H,21,23). The Bertz CT molecular complexity index is 748. The van der Waals surface area contributed by atoms with Gasteiger partial charge >= 0.3 is 0 Å². The number of pyridine rings is 1. The van der Waals surface area contributed by atoms with Crippen LogP contribution >= 0.6 is 0 Å². The molecule has 118 valence electrons. The van der Waals surface area contributed by atoms with Gasteiger partial charge in [0, 0.05) is 18.4 Å². The predicted molar refractivity (Wildman–Crippen MR) is 90.2 cm³/mol. The highest BCUT2D eigenvalue weighted by Gasteiger charge is 2.48. The lowest BCUT2D eigenvalue weighted by Gasteiger charge is -2.38. The molecule has 3 heterocycles. The molecule has 23 heavy (non-hydrogen) atoms. The molecule has 0 aliphatic carbocycles. The zero-order valence-corrected chi connectivity index (χ0v) is 13.4. The van der Waals surface area contributed by atoms with E-state index in [0.29, 0.717) is 0 Å². The molecule has 0 unspecified atom stereocenters. The van der Waals surface area contributed by atoms with Crippen LogP contribution < -0.4 is 5.32 Å². The van der Waals surface area contributed by atoms with E-state index in [9.17, 15) is 4.79 Å². The van der Waals surface area contributed by atoms with Crippen molar-refractivity contribution in [3.05, 3.63) is 59.4 Å². The molecule has 1 fully saturated rings. The lowest BCUT2D eigenvalue weighted by molar-refractivity contribution is -0.122. The second-order valence-corrected chi connectivity index (χ2v) is 6.62. The van der Waals surface area contributed by atoms with Gasteiger partial charge in [0.25, 0.3) is 0 Å². The fourth-order valence-electron chi connectivity index (χ4n) is 3.86. The monoisotopic (exact) mass is 307 g/mol. The van der Waals surface area contributed by atoms with Crippen molar-refractivity contribution in [1.82, 2.24) is 9.88 Å². The molecule has 1 saturated heterocycles. The van der Waals surface area contributed by atoms with Crippen LogP contribution in [-0.4, -0.2) is 28.9 Å². The van der Waals surface area contributed by atoms with Crippen LogP contribution in [0.5, 0.6) is 0 Å². The Morgan fingerprint density at radius 1 is 1.17 bits per heavy atom. The van der Waals surface area contributed by atoms with Gasteiger partial charge in [-0.15, -0.1) is 0 Å². The first-order valence-corrected chi connectivity index (χ1v) is 8.23. The smallest absolute Gasteiger partial charge is 0.235 e. The fourth-order valence-corrected chi connectivity index (χ4v) is 3.86. The third-order valence-electron chi connectivity index (χ3n) is 5.33. The van der Waals surface area contributed by atoms with E-state index in [1.807, 2.05) is 30.5 Å². The first kappa shape index (κ1) is 14.4. The van der Waals surface area contributed by atoms with Crippen LogP contribution in [0.25, 0.3) is 0 Å². The summed E-state index contributed by atoms with van der Waals surface area (Å²) in [5, 5.41) is 3.06. The third kappa shape index (κ3) is 2.34. The molecule has 0 atom stereocenters. The molecule has 1 aromatic heterocycles. The second-order valence-electron chi connectivity index (χ2n) is 6.62. The van der Waals surface area contributed by atoms with Crippen molar-refractivity contribution in [2.45, 2.75) is 31.7 Å². The summed E-state index contributed by atoms with van der Waals surface area (Å²) in [5.74, 6) is 0.173. The lowest BCUT2D eigenvalue weighted by atomic mass is 9.73. The largest absolute Gasteiger partial charge is 0.325 e. The number of nitrogens with one attached hydrogen (secondary N) is 1. The van der Waals surface area contributed by atoms with E-state index in [4.69, 9.17) is 0 Å². The first-order chi connectivity index (χ1) is 11.2. The summed E-state index contributed by atoms with van der Waals surface area (Å²) in [4.78, 5) is 19.5. The van der Waals surface area contributed by atoms with Gasteiger partial charge in [-0.1, -0.05) is 24.3 Å². The highest BCUT2D eigenvalue weighted by Crippen LogP contribution is 2.44. The van der Waals surface area contributed by atoms with Gasteiger partial charge in [-0.25, -0.2) is 0 Å². The molecule has 1 aromatic carbocycles. The lowest BCUT2D eigenvalue weighted by Crippen LogP contribution is -2.46. The van der Waals surface area contributed by atoms with Gasteiger partial charge in [0.15, 0.2) is 0 Å². The van der Waals surface area contributed by atoms with Crippen LogP contribution in [0.3, 0.4) is 0 Å². The molecule has 2 aromatic rings. The van der Waals surface area contributed by atoms with E-state index < -0.39 is 0 Å². The zero-order chi connectivity index (χ0) is 15.9. The van der Waals surface area contributed by atoms with Gasteiger partial charge in [0.1, 0.15) is 0 Å². The summed E-state index contributed by atoms with van der Waals surface area (Å²) >= 11 is 0. The first-order valence-electron chi connectivity index (χ1n) is 8.23. The fraction of sp³-hybridized carbons (Fsp3) is 0.368. The zero-order valence-electron chi connectivity index (χ0n) is 13.4. The topological polar surface area (TPSA) is 45.2 Å². The molecular formula is C19H21N3O. The van der Waals surface area contributed by atoms with Crippen molar-refractivity contribution >= 4 is 11.6 Å². The van der Waals surface area contributed by atoms with E-state index in [1.54, 1.807) is 0 Å². The summed E-state index contributed by atoms with van der Waals surface area (Å²) < 4.78 is 0. The van der Waals surface area contributed by atoms with Crippen LogP contribution in [0.15, 0.2) is 42.6 Å². The quantitative estimate of drug-likeness (QED) is 0.928. The summed E-state index contributed by atoms with van der Waals surface area (Å²) in [5.41, 5.74) is 4.22. The summed E-state index contributed by atoms with van der Waals surface area (Å²) in [7, 11) is 0. The molecular weight excluding hydrogens is 286 g/mol. The SMILES string of the molecule is Cc1cccnc1CN1CCC2(CC1)C(=O)Nc1ccccc12. The van der Waals surface area contributed by atoms with E-state index in [-0.39, 0.29) is 11.3 Å². The van der Waals surface area contributed by atoms with E-state index in [2.05, 4.69) is 34.3 Å². The number of fused-ring (bicyclic) bond motifs is 2. The maximum Gasteiger partial charge on any atom is 0.235 e. The number of benzene rings is 1. The van der Waals surface area contributed by atoms with Gasteiger partial charge < -0.3 is 5.32 Å². The van der Waals surface area contributed by atoms with Crippen molar-refractivity contribution in [2.24, 2.45) is 0 Å². The molecule has 2 aliphatic heterocycles. The van der Waals surface area contributed by atoms with Gasteiger partial charge in [-0.05, 0) is 56.1 Å². The van der Waals surface area contributed by atoms with E-state index >= 15 is 0 Å². The van der Waals surface area contributed by atoms with Gasteiger partial charge in [0.2, 0.25) is 5.91 Å². The Morgan fingerprint density at radius 3 is 2.74 bits per heavy atom. The molecule has 4 heteroatoms. The predicted octanol–water partition coefficient (Wildman–Crippen LogP) is 2.88. The Labute approximate surface area is 136 Å². The molecule has 1 amide bonds. The number of rotatable bonds is 2. The van der Waals surface area contributed by atoms with E-state index in [1.165, 1.54) is 11.1 Å². The minimum atomic E-state index is -0.327. The van der Waals surface area contributed by atoms with Crippen LogP contribution in [-0.2, 0) is 16.8 Å². The minimum Gasteiger partial charge on any atom is -0.325 e. The van der Waals surface area contributed by atoms with Crippen LogP contribution in [0.1, 0.15) is 29.7 Å². The maximum absolute atomic E-state index is 12.6. The van der Waals surface area contributed by atoms with Crippen LogP contribution in [0, 0.1) is 6.92 Å². The van der Waals surface area contributed by atoms with Gasteiger partial charge in [0.05, 0.1) is 11.1 Å².